The van der Waals surface area contributed by atoms with E-state index in [0.717, 1.165) is 6.08 Å². The Balaban J connectivity index is 0. The van der Waals surface area contributed by atoms with E-state index >= 15 is 0 Å². The molecule has 40 valence electrons. The zero-order chi connectivity index (χ0) is 6.12. The molecule has 0 aliphatic rings. The topological polar surface area (TPSA) is 92.8 Å². The molecular formula is C2H4N2O3. The Bertz CT molecular complexity index is 75.0. The third kappa shape index (κ3) is 267. The number of carbonyl (C=O) groups excluding carboxylic acids is 1. The highest BCUT2D eigenvalue weighted by Gasteiger charge is 1.27. The van der Waals surface area contributed by atoms with Crippen LogP contribution in [0.2, 0.25) is 0 Å². The number of nitrogens with two attached hydrogens (primary N) is 1. The molecule has 0 unspecified atom stereocenters. The Kier molecular flexibility index (Phi) is 29.8. The van der Waals surface area contributed by atoms with Gasteiger partial charge in [-0.05, 0) is 0 Å². The zero-order valence-corrected chi connectivity index (χ0v) is 3.37. The standard InChI is InChI=1S/CH2N2O.CH2O2/c2-3-1-4;2-1-3/h2H2;1H,(H,2,3). The van der Waals surface area contributed by atoms with Crippen molar-refractivity contribution in [3.63, 3.8) is 0 Å². The first-order valence-corrected chi connectivity index (χ1v) is 1.18. The highest BCUT2D eigenvalue weighted by Crippen LogP contribution is 1.14. The van der Waals surface area contributed by atoms with E-state index < -0.39 is 0 Å². The average molecular weight is 104 g/mol. The van der Waals surface area contributed by atoms with E-state index in [1.165, 1.54) is 0 Å². The molecule has 0 aliphatic heterocycles. The molecular weight excluding hydrogens is 100 g/mol. The highest BCUT2D eigenvalue weighted by atomic mass is 16.3. The Hall–Kier alpha value is -1.35. The number of hydrazone groups is 1. The van der Waals surface area contributed by atoms with Crippen molar-refractivity contribution in [2.45, 2.75) is 0 Å². The molecule has 0 aromatic carbocycles. The maximum atomic E-state index is 8.76. The van der Waals surface area contributed by atoms with Crippen LogP contribution in [0.3, 0.4) is 0 Å². The molecule has 5 nitrogen and oxygen atoms in total. The van der Waals surface area contributed by atoms with E-state index in [1.54, 1.807) is 0 Å². The molecule has 0 aliphatic carbocycles. The van der Waals surface area contributed by atoms with Crippen LogP contribution in [0.1, 0.15) is 0 Å². The number of carboxylic acid groups (broad SMARTS) is 1. The number of hydrogen-bond acceptors (Lipinski definition) is 4. The summed E-state index contributed by atoms with van der Waals surface area (Å²) in [6.07, 6.45) is 1.08. The molecule has 0 saturated heterocycles. The zero-order valence-electron chi connectivity index (χ0n) is 3.37. The van der Waals surface area contributed by atoms with Crippen molar-refractivity contribution < 1.29 is 14.7 Å². The van der Waals surface area contributed by atoms with Crippen molar-refractivity contribution in [2.24, 2.45) is 10.9 Å². The van der Waals surface area contributed by atoms with Crippen LogP contribution in [-0.2, 0) is 9.59 Å². The first-order chi connectivity index (χ1) is 3.33. The van der Waals surface area contributed by atoms with Gasteiger partial charge in [0.05, 0.1) is 0 Å². The van der Waals surface area contributed by atoms with Crippen LogP contribution < -0.4 is 5.84 Å². The smallest absolute Gasteiger partial charge is 0.290 e. The molecule has 0 rings (SSSR count). The lowest BCUT2D eigenvalue weighted by Gasteiger charge is -1.41. The Labute approximate surface area is 39.4 Å². The van der Waals surface area contributed by atoms with Gasteiger partial charge in [0.1, 0.15) is 0 Å². The van der Waals surface area contributed by atoms with Crippen LogP contribution in [0.15, 0.2) is 5.10 Å². The Morgan fingerprint density at radius 3 is 2.00 bits per heavy atom. The predicted octanol–water partition coefficient (Wildman–Crippen LogP) is -1.10. The maximum absolute atomic E-state index is 8.76. The van der Waals surface area contributed by atoms with Gasteiger partial charge < -0.3 is 10.9 Å². The molecule has 5 heteroatoms. The second kappa shape index (κ2) is 22.8. The third-order valence-electron chi connectivity index (χ3n) is 0.0527. The number of hydrogen-bond donors (Lipinski definition) is 2. The minimum atomic E-state index is -0.250. The quantitative estimate of drug-likeness (QED) is 0.134. The van der Waals surface area contributed by atoms with E-state index in [1.807, 2.05) is 0 Å². The van der Waals surface area contributed by atoms with E-state index in [-0.39, 0.29) is 6.47 Å². The number of isocyanates is 1. The molecule has 0 radical (unpaired) electrons. The molecule has 7 heavy (non-hydrogen) atoms. The van der Waals surface area contributed by atoms with Crippen LogP contribution in [-0.4, -0.2) is 17.7 Å². The van der Waals surface area contributed by atoms with E-state index in [0.29, 0.717) is 0 Å². The summed E-state index contributed by atoms with van der Waals surface area (Å²) in [6.45, 7) is -0.250. The minimum Gasteiger partial charge on any atom is -0.483 e. The molecule has 0 heterocycles. The van der Waals surface area contributed by atoms with Crippen LogP contribution in [0.4, 0.5) is 0 Å². The molecule has 0 amide bonds. The fraction of sp³-hybridized carbons (Fsp3) is 0. The fourth-order valence-corrected chi connectivity index (χ4v) is 0. The van der Waals surface area contributed by atoms with Crippen molar-refractivity contribution >= 4 is 12.6 Å². The maximum Gasteiger partial charge on any atom is 0.290 e. The third-order valence-corrected chi connectivity index (χ3v) is 0.0527. The second-order valence-corrected chi connectivity index (χ2v) is 0.326. The van der Waals surface area contributed by atoms with Crippen molar-refractivity contribution in [3.8, 4) is 0 Å². The summed E-state index contributed by atoms with van der Waals surface area (Å²) >= 11 is 0. The molecule has 0 spiro atoms. The molecule has 0 fully saturated rings. The summed E-state index contributed by atoms with van der Waals surface area (Å²) in [5.41, 5.74) is 0. The number of carbonyl (C=O) groups is 1. The van der Waals surface area contributed by atoms with Crippen molar-refractivity contribution in [1.29, 1.82) is 0 Å². The number of nitrogens with zero attached hydrogens (tertiary/aromatic N) is 1. The Morgan fingerprint density at radius 1 is 1.86 bits per heavy atom. The van der Waals surface area contributed by atoms with Crippen molar-refractivity contribution in [1.82, 2.24) is 0 Å². The van der Waals surface area contributed by atoms with Gasteiger partial charge in [-0.25, -0.2) is 4.79 Å². The van der Waals surface area contributed by atoms with Crippen LogP contribution in [0, 0.1) is 0 Å². The van der Waals surface area contributed by atoms with Crippen molar-refractivity contribution in [3.05, 3.63) is 0 Å². The minimum absolute atomic E-state index is 0.250. The largest absolute Gasteiger partial charge is 0.483 e. The monoisotopic (exact) mass is 104 g/mol. The van der Waals surface area contributed by atoms with E-state index in [2.05, 4.69) is 10.9 Å². The van der Waals surface area contributed by atoms with Gasteiger partial charge in [0.2, 0.25) is 0 Å². The van der Waals surface area contributed by atoms with Gasteiger partial charge in [0, 0.05) is 0 Å². The molecule has 0 aromatic heterocycles. The predicted molar refractivity (Wildman–Crippen MR) is 21.0 cm³/mol. The molecule has 0 aromatic rings. The molecule has 3 N–H and O–H groups in total. The molecule has 0 saturated carbocycles. The summed E-state index contributed by atoms with van der Waals surface area (Å²) in [7, 11) is 0. The van der Waals surface area contributed by atoms with Crippen molar-refractivity contribution in [2.75, 3.05) is 0 Å². The summed E-state index contributed by atoms with van der Waals surface area (Å²) in [6, 6.07) is 0. The van der Waals surface area contributed by atoms with Crippen LogP contribution in [0.25, 0.3) is 0 Å². The average Bonchev–Trinajstić information content (AvgIpc) is 1.69. The van der Waals surface area contributed by atoms with Gasteiger partial charge in [-0.1, -0.05) is 5.10 Å². The normalized spacial score (nSPS) is 4.00. The lowest BCUT2D eigenvalue weighted by atomic mass is 11.6. The summed E-state index contributed by atoms with van der Waals surface area (Å²) < 4.78 is 0. The highest BCUT2D eigenvalue weighted by molar-refractivity contribution is 5.32. The van der Waals surface area contributed by atoms with Gasteiger partial charge >= 0.3 is 0 Å². The fourth-order valence-electron chi connectivity index (χ4n) is 0. The van der Waals surface area contributed by atoms with Gasteiger partial charge in [-0.2, -0.15) is 0 Å². The first kappa shape index (κ1) is 9.17. The Morgan fingerprint density at radius 2 is 2.00 bits per heavy atom. The first-order valence-electron chi connectivity index (χ1n) is 1.18. The SMILES string of the molecule is NN=C=O.O=CO. The van der Waals surface area contributed by atoms with Gasteiger partial charge in [0.15, 0.2) is 0 Å². The molecule has 0 atom stereocenters. The van der Waals surface area contributed by atoms with Gasteiger partial charge in [-0.15, -0.1) is 0 Å². The number of rotatable bonds is 0. The summed E-state index contributed by atoms with van der Waals surface area (Å²) in [4.78, 5) is 17.1. The van der Waals surface area contributed by atoms with Gasteiger partial charge in [-0.3, -0.25) is 4.79 Å². The lowest BCUT2D eigenvalue weighted by molar-refractivity contribution is -0.122. The van der Waals surface area contributed by atoms with Crippen LogP contribution >= 0.6 is 0 Å². The second-order valence-electron chi connectivity index (χ2n) is 0.326. The van der Waals surface area contributed by atoms with Gasteiger partial charge in [0.25, 0.3) is 12.6 Å². The molecule has 0 bridgehead atoms. The van der Waals surface area contributed by atoms with E-state index in [4.69, 9.17) is 14.7 Å². The summed E-state index contributed by atoms with van der Waals surface area (Å²) in [5.74, 6) is 4.23. The lowest BCUT2D eigenvalue weighted by Crippen LogP contribution is -1.71. The summed E-state index contributed by atoms with van der Waals surface area (Å²) in [5, 5.41) is 9.32. The van der Waals surface area contributed by atoms with Crippen LogP contribution in [0.5, 0.6) is 0 Å². The van der Waals surface area contributed by atoms with E-state index in [9.17, 15) is 0 Å².